The fourth-order valence-corrected chi connectivity index (χ4v) is 5.22. The summed E-state index contributed by atoms with van der Waals surface area (Å²) < 4.78 is 52.0. The Morgan fingerprint density at radius 2 is 1.32 bits per heavy atom. The molecule has 1 heterocycles. The van der Waals surface area contributed by atoms with Gasteiger partial charge in [-0.15, -0.1) is 9.19 Å². The fraction of sp³-hybridized carbons (Fsp3) is 0.211. The van der Waals surface area contributed by atoms with E-state index in [1.165, 1.54) is 31.3 Å². The third-order valence-electron chi connectivity index (χ3n) is 4.60. The average Bonchev–Trinajstić information content (AvgIpc) is 3.02. The first-order valence-corrected chi connectivity index (χ1v) is 11.8. The van der Waals surface area contributed by atoms with Crippen molar-refractivity contribution in [1.82, 2.24) is 18.3 Å². The summed E-state index contributed by atoms with van der Waals surface area (Å²) in [6.45, 7) is 3.55. The van der Waals surface area contributed by atoms with E-state index in [1.807, 2.05) is 0 Å². The zero-order valence-corrected chi connectivity index (χ0v) is 18.8. The second-order valence-electron chi connectivity index (χ2n) is 6.89. The van der Waals surface area contributed by atoms with E-state index in [9.17, 15) is 26.4 Å². The van der Waals surface area contributed by atoms with Crippen LogP contribution in [0, 0.1) is 13.8 Å². The highest BCUT2D eigenvalue weighted by Crippen LogP contribution is 2.17. The van der Waals surface area contributed by atoms with E-state index in [0.29, 0.717) is 13.2 Å². The van der Waals surface area contributed by atoms with Crippen molar-refractivity contribution in [3.63, 3.8) is 0 Å². The van der Waals surface area contributed by atoms with Gasteiger partial charge in [0.2, 0.25) is 5.69 Å². The number of amides is 1. The minimum atomic E-state index is -4.36. The number of aromatic nitrogens is 3. The van der Waals surface area contributed by atoms with Crippen LogP contribution in [0.25, 0.3) is 0 Å². The third kappa shape index (κ3) is 3.91. The van der Waals surface area contributed by atoms with E-state index in [0.717, 1.165) is 18.2 Å². The van der Waals surface area contributed by atoms with Crippen molar-refractivity contribution < 1.29 is 21.6 Å². The van der Waals surface area contributed by atoms with Gasteiger partial charge in [0.05, 0.1) is 9.79 Å². The van der Waals surface area contributed by atoms with Gasteiger partial charge in [0.25, 0.3) is 26.0 Å². The fourth-order valence-electron chi connectivity index (χ4n) is 2.79. The van der Waals surface area contributed by atoms with Gasteiger partial charge in [-0.1, -0.05) is 35.4 Å². The lowest BCUT2D eigenvalue weighted by Gasteiger charge is -2.16. The van der Waals surface area contributed by atoms with Gasteiger partial charge < -0.3 is 0 Å². The maximum atomic E-state index is 12.9. The summed E-state index contributed by atoms with van der Waals surface area (Å²) in [4.78, 5) is 25.9. The molecule has 0 bridgehead atoms. The Bertz CT molecular complexity index is 1420. The van der Waals surface area contributed by atoms with Crippen molar-refractivity contribution in [3.8, 4) is 0 Å². The molecule has 0 aliphatic rings. The minimum Gasteiger partial charge on any atom is -0.266 e. The highest BCUT2D eigenvalue weighted by Gasteiger charge is 2.33. The van der Waals surface area contributed by atoms with Crippen LogP contribution in [-0.4, -0.2) is 48.1 Å². The lowest BCUT2D eigenvalue weighted by Crippen LogP contribution is -2.37. The summed E-state index contributed by atoms with van der Waals surface area (Å²) >= 11 is 0. The molecular formula is C19H20N4O6S2. The molecular weight excluding hydrogens is 444 g/mol. The number of aryl methyl sites for hydroxylation is 3. The Morgan fingerprint density at radius 1 is 0.871 bits per heavy atom. The second-order valence-corrected chi connectivity index (χ2v) is 10.6. The van der Waals surface area contributed by atoms with E-state index < -0.39 is 37.2 Å². The van der Waals surface area contributed by atoms with Crippen molar-refractivity contribution >= 4 is 26.0 Å². The summed E-state index contributed by atoms with van der Waals surface area (Å²) in [5, 5.41) is 3.69. The summed E-state index contributed by atoms with van der Waals surface area (Å²) in [5.74, 6) is -1.25. The Balaban J connectivity index is 2.05. The third-order valence-corrected chi connectivity index (χ3v) is 8.08. The van der Waals surface area contributed by atoms with Crippen LogP contribution in [0.3, 0.4) is 0 Å². The zero-order valence-electron chi connectivity index (χ0n) is 17.2. The maximum Gasteiger partial charge on any atom is 0.314 e. The molecule has 0 N–H and O–H groups in total. The van der Waals surface area contributed by atoms with Crippen LogP contribution in [0.5, 0.6) is 0 Å². The van der Waals surface area contributed by atoms with Crippen LogP contribution >= 0.6 is 0 Å². The van der Waals surface area contributed by atoms with Gasteiger partial charge in [0.15, 0.2) is 0 Å². The molecule has 10 nitrogen and oxygen atoms in total. The summed E-state index contributed by atoms with van der Waals surface area (Å²) in [5.41, 5.74) is -0.452. The van der Waals surface area contributed by atoms with Crippen molar-refractivity contribution in [2.45, 2.75) is 23.6 Å². The van der Waals surface area contributed by atoms with E-state index >= 15 is 0 Å². The first kappa shape index (κ1) is 22.4. The van der Waals surface area contributed by atoms with Crippen LogP contribution in [0.1, 0.15) is 21.6 Å². The number of carbonyl (C=O) groups excluding carboxylic acids is 1. The topological polar surface area (TPSA) is 128 Å². The van der Waals surface area contributed by atoms with Crippen LogP contribution in [0.4, 0.5) is 0 Å². The van der Waals surface area contributed by atoms with Gasteiger partial charge in [-0.2, -0.15) is 13.2 Å². The predicted molar refractivity (Wildman–Crippen MR) is 112 cm³/mol. The Labute approximate surface area is 179 Å². The molecule has 0 atom stereocenters. The monoisotopic (exact) mass is 464 g/mol. The highest BCUT2D eigenvalue weighted by molar-refractivity contribution is 7.90. The van der Waals surface area contributed by atoms with Crippen LogP contribution in [0.15, 0.2) is 63.1 Å². The van der Waals surface area contributed by atoms with Crippen molar-refractivity contribution in [1.29, 1.82) is 0 Å². The van der Waals surface area contributed by atoms with E-state index in [2.05, 4.69) is 5.10 Å². The molecule has 0 aliphatic carbocycles. The zero-order chi connectivity index (χ0) is 23.1. The number of hydrogen-bond donors (Lipinski definition) is 0. The lowest BCUT2D eigenvalue weighted by atomic mass is 10.2. The molecule has 164 valence electrons. The smallest absolute Gasteiger partial charge is 0.266 e. The van der Waals surface area contributed by atoms with Crippen molar-refractivity contribution in [2.75, 3.05) is 7.05 Å². The molecule has 0 spiro atoms. The van der Waals surface area contributed by atoms with Gasteiger partial charge in [0.1, 0.15) is 0 Å². The second kappa shape index (κ2) is 7.78. The molecule has 31 heavy (non-hydrogen) atoms. The molecule has 2 aromatic carbocycles. The molecule has 0 aliphatic heterocycles. The van der Waals surface area contributed by atoms with Gasteiger partial charge in [-0.3, -0.25) is 9.59 Å². The van der Waals surface area contributed by atoms with Gasteiger partial charge in [-0.25, -0.2) is 12.7 Å². The minimum absolute atomic E-state index is 0.155. The normalized spacial score (nSPS) is 12.0. The van der Waals surface area contributed by atoms with E-state index in [4.69, 9.17) is 0 Å². The number of sulfonamides is 1. The Morgan fingerprint density at radius 3 is 1.81 bits per heavy atom. The summed E-state index contributed by atoms with van der Waals surface area (Å²) in [6, 6.07) is 11.5. The standard InChI is InChI=1S/C19H20N4O6S2/c1-13-5-9-15(10-6-13)30(26,27)21(3)18(24)17-19(25)23(22(4)20-17)31(28,29)16-11-7-14(2)8-12-16/h5-12H,1-4H3. The largest absolute Gasteiger partial charge is 0.314 e. The molecule has 3 rings (SSSR count). The van der Waals surface area contributed by atoms with Gasteiger partial charge in [0, 0.05) is 14.1 Å². The molecule has 0 fully saturated rings. The van der Waals surface area contributed by atoms with Gasteiger partial charge >= 0.3 is 5.56 Å². The van der Waals surface area contributed by atoms with Crippen LogP contribution in [-0.2, 0) is 27.1 Å². The first-order chi connectivity index (χ1) is 14.4. The van der Waals surface area contributed by atoms with Crippen LogP contribution in [0.2, 0.25) is 0 Å². The molecule has 0 saturated carbocycles. The highest BCUT2D eigenvalue weighted by atomic mass is 32.2. The number of rotatable bonds is 5. The Hall–Kier alpha value is -3.25. The average molecular weight is 465 g/mol. The van der Waals surface area contributed by atoms with Crippen molar-refractivity contribution in [3.05, 3.63) is 75.7 Å². The molecule has 0 unspecified atom stereocenters. The quantitative estimate of drug-likeness (QED) is 0.548. The van der Waals surface area contributed by atoms with Crippen molar-refractivity contribution in [2.24, 2.45) is 7.05 Å². The molecule has 12 heteroatoms. The number of benzene rings is 2. The van der Waals surface area contributed by atoms with E-state index in [1.54, 1.807) is 38.1 Å². The molecule has 3 aromatic rings. The van der Waals surface area contributed by atoms with E-state index in [-0.39, 0.29) is 9.79 Å². The summed E-state index contributed by atoms with van der Waals surface area (Å²) in [6.07, 6.45) is 0. The molecule has 1 aromatic heterocycles. The lowest BCUT2D eigenvalue weighted by molar-refractivity contribution is 0.0875. The SMILES string of the molecule is Cc1ccc(S(=O)(=O)N(C)C(=O)c2nn(C)n(S(=O)(=O)c3ccc(C)cc3)c2=O)cc1. The van der Waals surface area contributed by atoms with Crippen LogP contribution < -0.4 is 5.56 Å². The number of hydrogen-bond acceptors (Lipinski definition) is 7. The predicted octanol–water partition coefficient (Wildman–Crippen LogP) is 0.897. The Kier molecular flexibility index (Phi) is 5.63. The molecule has 0 radical (unpaired) electrons. The molecule has 1 amide bonds. The number of nitrogens with zero attached hydrogens (tertiary/aromatic N) is 4. The molecule has 0 saturated heterocycles. The first-order valence-electron chi connectivity index (χ1n) is 8.96. The number of carbonyl (C=O) groups is 1. The van der Waals surface area contributed by atoms with Gasteiger partial charge in [-0.05, 0) is 38.1 Å². The maximum absolute atomic E-state index is 12.9. The summed E-state index contributed by atoms with van der Waals surface area (Å²) in [7, 11) is -6.50.